The maximum absolute atomic E-state index is 14.6. The number of rotatable bonds is 4. The molecule has 4 nitrogen and oxygen atoms in total. The van der Waals surface area contributed by atoms with Crippen LogP contribution in [0.1, 0.15) is 53.2 Å². The number of nitrogens with one attached hydrogen (secondary N) is 1. The minimum absolute atomic E-state index is 0.0308. The molecule has 1 aromatic heterocycles. The molecule has 1 saturated carbocycles. The molecule has 0 aliphatic heterocycles. The number of hydrogen-bond acceptors (Lipinski definition) is 3. The van der Waals surface area contributed by atoms with Gasteiger partial charge in [-0.25, -0.2) is 13.8 Å². The van der Waals surface area contributed by atoms with Crippen molar-refractivity contribution >= 4 is 29.1 Å². The van der Waals surface area contributed by atoms with E-state index in [4.69, 9.17) is 23.2 Å². The van der Waals surface area contributed by atoms with E-state index < -0.39 is 52.0 Å². The topological polar surface area (TPSA) is 62.2 Å². The molecule has 1 unspecified atom stereocenters. The molecule has 0 bridgehead atoms. The van der Waals surface area contributed by atoms with Crippen LogP contribution in [-0.2, 0) is 6.18 Å². The molecule has 1 aliphatic rings. The summed E-state index contributed by atoms with van der Waals surface area (Å²) in [6.07, 6.45) is -5.75. The third kappa shape index (κ3) is 5.27. The first-order valence-corrected chi connectivity index (χ1v) is 10.0. The first-order valence-electron chi connectivity index (χ1n) is 9.26. The summed E-state index contributed by atoms with van der Waals surface area (Å²) in [6.45, 7) is 0. The summed E-state index contributed by atoms with van der Waals surface area (Å²) in [5.74, 6) is -1.91. The van der Waals surface area contributed by atoms with E-state index in [1.165, 1.54) is 12.1 Å². The molecule has 3 rings (SSSR count). The molecular formula is C20H17Cl2F5N2O2. The molecule has 0 saturated heterocycles. The van der Waals surface area contributed by atoms with Crippen LogP contribution in [0.4, 0.5) is 22.0 Å². The van der Waals surface area contributed by atoms with Gasteiger partial charge in [0.2, 0.25) is 0 Å². The van der Waals surface area contributed by atoms with E-state index in [-0.39, 0.29) is 36.3 Å². The molecule has 1 fully saturated rings. The van der Waals surface area contributed by atoms with Gasteiger partial charge in [-0.15, -0.1) is 0 Å². The minimum atomic E-state index is -4.78. The van der Waals surface area contributed by atoms with Gasteiger partial charge in [-0.1, -0.05) is 23.2 Å². The van der Waals surface area contributed by atoms with Crippen LogP contribution in [0.25, 0.3) is 0 Å². The molecule has 31 heavy (non-hydrogen) atoms. The van der Waals surface area contributed by atoms with Gasteiger partial charge in [-0.2, -0.15) is 13.2 Å². The third-order valence-electron chi connectivity index (χ3n) is 5.27. The second kappa shape index (κ2) is 8.88. The normalized spacial score (nSPS) is 22.8. The Bertz CT molecular complexity index is 979. The van der Waals surface area contributed by atoms with Crippen molar-refractivity contribution in [2.45, 2.75) is 49.7 Å². The first kappa shape index (κ1) is 23.7. The van der Waals surface area contributed by atoms with Gasteiger partial charge in [-0.3, -0.25) is 4.79 Å². The quantitative estimate of drug-likeness (QED) is 0.436. The van der Waals surface area contributed by atoms with Crippen molar-refractivity contribution in [2.75, 3.05) is 0 Å². The van der Waals surface area contributed by atoms with Crippen LogP contribution in [-0.4, -0.2) is 27.8 Å². The lowest BCUT2D eigenvalue weighted by Gasteiger charge is -2.40. The standard InChI is InChI=1S/C20H17Cl2F5N2O2/c21-11-1-2-15(24)13(8-11)16(19(31)5-3-12(23)4-6-19)29-18(30)14-7-10(20(25,26)27)9-28-17(14)22/h1-2,7-9,12,16,31H,3-6H2,(H,29,30)/t12-,16?,19+. The van der Waals surface area contributed by atoms with Gasteiger partial charge < -0.3 is 10.4 Å². The molecule has 0 radical (unpaired) electrons. The third-order valence-corrected chi connectivity index (χ3v) is 5.81. The number of aromatic nitrogens is 1. The van der Waals surface area contributed by atoms with Crippen LogP contribution in [0.3, 0.4) is 0 Å². The van der Waals surface area contributed by atoms with Gasteiger partial charge in [0.1, 0.15) is 17.1 Å². The molecule has 1 heterocycles. The second-order valence-corrected chi connectivity index (χ2v) is 8.21. The van der Waals surface area contributed by atoms with E-state index in [1.807, 2.05) is 0 Å². The van der Waals surface area contributed by atoms with E-state index in [1.54, 1.807) is 0 Å². The van der Waals surface area contributed by atoms with E-state index in [0.29, 0.717) is 12.3 Å². The highest BCUT2D eigenvalue weighted by Gasteiger charge is 2.43. The van der Waals surface area contributed by atoms with Crippen molar-refractivity contribution < 1.29 is 31.9 Å². The SMILES string of the molecule is O=C(NC(c1cc(Cl)ccc1F)[C@]1(O)CC[C@@H](F)CC1)c1cc(C(F)(F)F)cnc1Cl. The maximum Gasteiger partial charge on any atom is 0.417 e. The maximum atomic E-state index is 14.6. The monoisotopic (exact) mass is 482 g/mol. The summed E-state index contributed by atoms with van der Waals surface area (Å²) in [4.78, 5) is 16.2. The van der Waals surface area contributed by atoms with Crippen molar-refractivity contribution in [3.05, 3.63) is 63.1 Å². The lowest BCUT2D eigenvalue weighted by Crippen LogP contribution is -2.49. The van der Waals surface area contributed by atoms with Crippen LogP contribution in [0.5, 0.6) is 0 Å². The summed E-state index contributed by atoms with van der Waals surface area (Å²) >= 11 is 11.8. The molecular weight excluding hydrogens is 466 g/mol. The number of pyridine rings is 1. The van der Waals surface area contributed by atoms with Gasteiger partial charge in [0.25, 0.3) is 5.91 Å². The number of amides is 1. The molecule has 1 aromatic carbocycles. The first-order chi connectivity index (χ1) is 14.4. The van der Waals surface area contributed by atoms with E-state index in [0.717, 1.165) is 6.07 Å². The fraction of sp³-hybridized carbons (Fsp3) is 0.400. The van der Waals surface area contributed by atoms with Gasteiger partial charge in [0, 0.05) is 16.8 Å². The lowest BCUT2D eigenvalue weighted by atomic mass is 9.76. The number of carbonyl (C=O) groups is 1. The number of alkyl halides is 4. The minimum Gasteiger partial charge on any atom is -0.387 e. The summed E-state index contributed by atoms with van der Waals surface area (Å²) in [6, 6.07) is 2.57. The Morgan fingerprint density at radius 1 is 1.23 bits per heavy atom. The van der Waals surface area contributed by atoms with E-state index in [2.05, 4.69) is 10.3 Å². The van der Waals surface area contributed by atoms with Crippen molar-refractivity contribution in [1.82, 2.24) is 10.3 Å². The fourth-order valence-corrected chi connectivity index (χ4v) is 3.95. The number of halogens is 7. The van der Waals surface area contributed by atoms with Gasteiger partial charge in [0.05, 0.1) is 22.8 Å². The van der Waals surface area contributed by atoms with Crippen LogP contribution < -0.4 is 5.32 Å². The molecule has 11 heteroatoms. The Kier molecular flexibility index (Phi) is 6.78. The zero-order valence-corrected chi connectivity index (χ0v) is 17.3. The van der Waals surface area contributed by atoms with Gasteiger partial charge >= 0.3 is 6.18 Å². The predicted molar refractivity (Wildman–Crippen MR) is 104 cm³/mol. The highest BCUT2D eigenvalue weighted by atomic mass is 35.5. The Balaban J connectivity index is 2.01. The van der Waals surface area contributed by atoms with Gasteiger partial charge in [-0.05, 0) is 49.9 Å². The average Bonchev–Trinajstić information content (AvgIpc) is 2.70. The van der Waals surface area contributed by atoms with Crippen LogP contribution in [0, 0.1) is 5.82 Å². The van der Waals surface area contributed by atoms with Crippen molar-refractivity contribution in [2.24, 2.45) is 0 Å². The van der Waals surface area contributed by atoms with E-state index >= 15 is 0 Å². The smallest absolute Gasteiger partial charge is 0.387 e. The molecule has 2 aromatic rings. The van der Waals surface area contributed by atoms with Crippen molar-refractivity contribution in [3.63, 3.8) is 0 Å². The molecule has 0 spiro atoms. The summed E-state index contributed by atoms with van der Waals surface area (Å²) < 4.78 is 67.3. The zero-order chi connectivity index (χ0) is 23.0. The lowest BCUT2D eigenvalue weighted by molar-refractivity contribution is -0.137. The molecule has 1 aliphatic carbocycles. The zero-order valence-electron chi connectivity index (χ0n) is 15.8. The van der Waals surface area contributed by atoms with Crippen LogP contribution >= 0.6 is 23.2 Å². The second-order valence-electron chi connectivity index (χ2n) is 7.41. The largest absolute Gasteiger partial charge is 0.417 e. The number of aliphatic hydroxyl groups is 1. The van der Waals surface area contributed by atoms with Crippen LogP contribution in [0.2, 0.25) is 10.2 Å². The molecule has 1 atom stereocenters. The number of hydrogen-bond donors (Lipinski definition) is 2. The highest BCUT2D eigenvalue weighted by Crippen LogP contribution is 2.41. The average molecular weight is 483 g/mol. The fourth-order valence-electron chi connectivity index (χ4n) is 3.58. The number of nitrogens with zero attached hydrogens (tertiary/aromatic N) is 1. The number of benzene rings is 1. The predicted octanol–water partition coefficient (Wildman–Crippen LogP) is 5.66. The Labute approximate surface area is 184 Å². The summed E-state index contributed by atoms with van der Waals surface area (Å²) in [7, 11) is 0. The van der Waals surface area contributed by atoms with Gasteiger partial charge in [0.15, 0.2) is 0 Å². The Hall–Kier alpha value is -1.97. The van der Waals surface area contributed by atoms with Crippen molar-refractivity contribution in [3.8, 4) is 0 Å². The molecule has 1 amide bonds. The number of carbonyl (C=O) groups excluding carboxylic acids is 1. The highest BCUT2D eigenvalue weighted by molar-refractivity contribution is 6.32. The Morgan fingerprint density at radius 3 is 2.48 bits per heavy atom. The van der Waals surface area contributed by atoms with E-state index in [9.17, 15) is 31.9 Å². The summed E-state index contributed by atoms with van der Waals surface area (Å²) in [5, 5.41) is 13.1. The molecule has 2 N–H and O–H groups in total. The summed E-state index contributed by atoms with van der Waals surface area (Å²) in [5.41, 5.74) is -3.75. The van der Waals surface area contributed by atoms with Crippen LogP contribution in [0.15, 0.2) is 30.5 Å². The Morgan fingerprint density at radius 2 is 1.87 bits per heavy atom. The molecule has 168 valence electrons. The van der Waals surface area contributed by atoms with Crippen molar-refractivity contribution in [1.29, 1.82) is 0 Å².